The Morgan fingerprint density at radius 1 is 1.29 bits per heavy atom. The normalized spacial score (nSPS) is 19.6. The minimum absolute atomic E-state index is 0.00228. The zero-order valence-corrected chi connectivity index (χ0v) is 13.1. The lowest BCUT2D eigenvalue weighted by Crippen LogP contribution is -2.40. The molecule has 0 N–H and O–H groups in total. The lowest BCUT2D eigenvalue weighted by Gasteiger charge is -2.27. The number of nitrogens with zero attached hydrogens (tertiary/aromatic N) is 1. The van der Waals surface area contributed by atoms with Gasteiger partial charge in [0, 0.05) is 18.4 Å². The number of carbonyl (C=O) groups is 1. The molecule has 5 heteroatoms. The quantitative estimate of drug-likeness (QED) is 0.811. The molecule has 0 aliphatic carbocycles. The van der Waals surface area contributed by atoms with E-state index in [4.69, 9.17) is 0 Å². The van der Waals surface area contributed by atoms with Crippen LogP contribution in [0.5, 0.6) is 0 Å². The number of sulfone groups is 1. The topological polar surface area (TPSA) is 54.5 Å². The van der Waals surface area contributed by atoms with Crippen LogP contribution < -0.4 is 0 Å². The van der Waals surface area contributed by atoms with Crippen molar-refractivity contribution in [1.29, 1.82) is 0 Å². The van der Waals surface area contributed by atoms with E-state index >= 15 is 0 Å². The highest BCUT2D eigenvalue weighted by Crippen LogP contribution is 2.19. The van der Waals surface area contributed by atoms with Gasteiger partial charge in [0.05, 0.1) is 11.8 Å². The molecule has 2 rings (SSSR count). The Balaban J connectivity index is 2.15. The van der Waals surface area contributed by atoms with E-state index in [0.29, 0.717) is 13.0 Å². The SMILES string of the molecule is CCCCC(=O)N(Cc1ccccc1)C1C=CS(=O)(=O)C1. The Kier molecular flexibility index (Phi) is 5.17. The van der Waals surface area contributed by atoms with Crippen molar-refractivity contribution < 1.29 is 13.2 Å². The van der Waals surface area contributed by atoms with Gasteiger partial charge in [-0.2, -0.15) is 0 Å². The summed E-state index contributed by atoms with van der Waals surface area (Å²) in [4.78, 5) is 14.1. The Bertz CT molecular complexity index is 608. The van der Waals surface area contributed by atoms with Gasteiger partial charge >= 0.3 is 0 Å². The fraction of sp³-hybridized carbons (Fsp3) is 0.438. The van der Waals surface area contributed by atoms with Crippen LogP contribution in [0.15, 0.2) is 41.8 Å². The maximum Gasteiger partial charge on any atom is 0.223 e. The molecule has 1 aliphatic rings. The minimum Gasteiger partial charge on any atom is -0.331 e. The van der Waals surface area contributed by atoms with Crippen molar-refractivity contribution in [2.24, 2.45) is 0 Å². The van der Waals surface area contributed by atoms with E-state index in [2.05, 4.69) is 0 Å². The van der Waals surface area contributed by atoms with Crippen molar-refractivity contribution in [2.45, 2.75) is 38.8 Å². The van der Waals surface area contributed by atoms with E-state index in [-0.39, 0.29) is 17.7 Å². The summed E-state index contributed by atoms with van der Waals surface area (Å²) in [5.41, 5.74) is 1.01. The second-order valence-electron chi connectivity index (χ2n) is 5.34. The first-order valence-electron chi connectivity index (χ1n) is 7.26. The van der Waals surface area contributed by atoms with Gasteiger partial charge in [0.15, 0.2) is 9.84 Å². The minimum atomic E-state index is -3.16. The van der Waals surface area contributed by atoms with Crippen LogP contribution in [0.1, 0.15) is 31.7 Å². The molecule has 114 valence electrons. The van der Waals surface area contributed by atoms with E-state index in [9.17, 15) is 13.2 Å². The van der Waals surface area contributed by atoms with Crippen LogP contribution in [-0.2, 0) is 21.2 Å². The molecule has 1 unspecified atom stereocenters. The van der Waals surface area contributed by atoms with E-state index < -0.39 is 9.84 Å². The average Bonchev–Trinajstić information content (AvgIpc) is 2.83. The zero-order chi connectivity index (χ0) is 15.3. The van der Waals surface area contributed by atoms with Gasteiger partial charge < -0.3 is 4.90 Å². The summed E-state index contributed by atoms with van der Waals surface area (Å²) in [5, 5.41) is 1.22. The van der Waals surface area contributed by atoms with Crippen molar-refractivity contribution in [2.75, 3.05) is 5.75 Å². The maximum absolute atomic E-state index is 12.4. The fourth-order valence-corrected chi connectivity index (χ4v) is 3.69. The summed E-state index contributed by atoms with van der Waals surface area (Å²) in [7, 11) is -3.16. The highest BCUT2D eigenvalue weighted by molar-refractivity contribution is 7.94. The largest absolute Gasteiger partial charge is 0.331 e. The van der Waals surface area contributed by atoms with E-state index in [1.165, 1.54) is 5.41 Å². The van der Waals surface area contributed by atoms with Gasteiger partial charge in [-0.15, -0.1) is 0 Å². The first-order chi connectivity index (χ1) is 10.0. The average molecular weight is 307 g/mol. The van der Waals surface area contributed by atoms with Crippen LogP contribution in [0.4, 0.5) is 0 Å². The number of carbonyl (C=O) groups excluding carboxylic acids is 1. The Hall–Kier alpha value is -1.62. The lowest BCUT2D eigenvalue weighted by atomic mass is 10.1. The van der Waals surface area contributed by atoms with Gasteiger partial charge in [0.25, 0.3) is 0 Å². The smallest absolute Gasteiger partial charge is 0.223 e. The molecule has 4 nitrogen and oxygen atoms in total. The van der Waals surface area contributed by atoms with Crippen molar-refractivity contribution >= 4 is 15.7 Å². The third-order valence-corrected chi connectivity index (χ3v) is 4.95. The van der Waals surface area contributed by atoms with Gasteiger partial charge in [-0.25, -0.2) is 8.42 Å². The molecule has 0 radical (unpaired) electrons. The third kappa shape index (κ3) is 4.43. The van der Waals surface area contributed by atoms with Crippen LogP contribution in [0.3, 0.4) is 0 Å². The van der Waals surface area contributed by atoms with Crippen LogP contribution in [0, 0.1) is 0 Å². The molecule has 1 amide bonds. The summed E-state index contributed by atoms with van der Waals surface area (Å²) >= 11 is 0. The number of unbranched alkanes of at least 4 members (excludes halogenated alkanes) is 1. The molecule has 0 saturated carbocycles. The standard InChI is InChI=1S/C16H21NO3S/c1-2-3-9-16(18)17(12-14-7-5-4-6-8-14)15-10-11-21(19,20)13-15/h4-8,10-11,15H,2-3,9,12-13H2,1H3. The summed E-state index contributed by atoms with van der Waals surface area (Å²) in [6.07, 6.45) is 3.87. The monoisotopic (exact) mass is 307 g/mol. The molecule has 21 heavy (non-hydrogen) atoms. The second kappa shape index (κ2) is 6.89. The number of benzene rings is 1. The van der Waals surface area contributed by atoms with Crippen LogP contribution in [-0.4, -0.2) is 31.0 Å². The zero-order valence-electron chi connectivity index (χ0n) is 12.2. The number of rotatable bonds is 6. The van der Waals surface area contributed by atoms with Crippen molar-refractivity contribution in [1.82, 2.24) is 4.90 Å². The predicted octanol–water partition coefficient (Wildman–Crippen LogP) is 2.52. The lowest BCUT2D eigenvalue weighted by molar-refractivity contribution is -0.133. The summed E-state index contributed by atoms with van der Waals surface area (Å²) in [5.74, 6) is 0.0185. The first-order valence-corrected chi connectivity index (χ1v) is 8.98. The molecule has 0 saturated heterocycles. The van der Waals surface area contributed by atoms with Crippen molar-refractivity contribution in [3.8, 4) is 0 Å². The van der Waals surface area contributed by atoms with E-state index in [1.54, 1.807) is 11.0 Å². The molecule has 0 spiro atoms. The fourth-order valence-electron chi connectivity index (χ4n) is 2.40. The van der Waals surface area contributed by atoms with Gasteiger partial charge in [-0.05, 0) is 18.1 Å². The molecule has 0 bridgehead atoms. The highest BCUT2D eigenvalue weighted by Gasteiger charge is 2.29. The number of amides is 1. The Morgan fingerprint density at radius 2 is 2.00 bits per heavy atom. The van der Waals surface area contributed by atoms with Crippen LogP contribution >= 0.6 is 0 Å². The van der Waals surface area contributed by atoms with Gasteiger partial charge in [0.1, 0.15) is 0 Å². The van der Waals surface area contributed by atoms with Gasteiger partial charge in [-0.1, -0.05) is 43.7 Å². The summed E-state index contributed by atoms with van der Waals surface area (Å²) in [6, 6.07) is 9.32. The van der Waals surface area contributed by atoms with Gasteiger partial charge in [-0.3, -0.25) is 4.79 Å². The van der Waals surface area contributed by atoms with Crippen molar-refractivity contribution in [3.63, 3.8) is 0 Å². The molecule has 1 aromatic carbocycles. The Labute approximate surface area is 126 Å². The van der Waals surface area contributed by atoms with E-state index in [0.717, 1.165) is 18.4 Å². The molecular weight excluding hydrogens is 286 g/mol. The third-order valence-electron chi connectivity index (χ3n) is 3.57. The molecule has 1 atom stereocenters. The molecule has 1 aliphatic heterocycles. The van der Waals surface area contributed by atoms with E-state index in [1.807, 2.05) is 37.3 Å². The van der Waals surface area contributed by atoms with Crippen LogP contribution in [0.25, 0.3) is 0 Å². The first kappa shape index (κ1) is 15.8. The van der Waals surface area contributed by atoms with Gasteiger partial charge in [0.2, 0.25) is 5.91 Å². The molecule has 0 aromatic heterocycles. The second-order valence-corrected chi connectivity index (χ2v) is 7.27. The summed E-state index contributed by atoms with van der Waals surface area (Å²) in [6.45, 7) is 2.49. The van der Waals surface area contributed by atoms with Crippen LogP contribution in [0.2, 0.25) is 0 Å². The maximum atomic E-state index is 12.4. The summed E-state index contributed by atoms with van der Waals surface area (Å²) < 4.78 is 23.2. The molecule has 1 aromatic rings. The predicted molar refractivity (Wildman–Crippen MR) is 83.2 cm³/mol. The molecular formula is C16H21NO3S. The van der Waals surface area contributed by atoms with Crippen molar-refractivity contribution in [3.05, 3.63) is 47.4 Å². The molecule has 0 fully saturated rings. The Morgan fingerprint density at radius 3 is 2.57 bits per heavy atom. The number of hydrogen-bond donors (Lipinski definition) is 0. The molecule has 1 heterocycles. The highest BCUT2D eigenvalue weighted by atomic mass is 32.2. The number of hydrogen-bond acceptors (Lipinski definition) is 3.